The zero-order valence-corrected chi connectivity index (χ0v) is 9.91. The molecule has 0 amide bonds. The first-order valence-corrected chi connectivity index (χ1v) is 6.18. The molecule has 0 fully saturated rings. The summed E-state index contributed by atoms with van der Waals surface area (Å²) >= 11 is 1.59. The lowest BCUT2D eigenvalue weighted by molar-refractivity contribution is 0.220. The molecule has 2 nitrogen and oxygen atoms in total. The Morgan fingerprint density at radius 2 is 1.94 bits per heavy atom. The van der Waals surface area contributed by atoms with Crippen molar-refractivity contribution in [2.75, 3.05) is 6.61 Å². The highest BCUT2D eigenvalue weighted by molar-refractivity contribution is 7.07. The molecule has 0 radical (unpaired) electrons. The van der Waals surface area contributed by atoms with Gasteiger partial charge in [-0.05, 0) is 47.0 Å². The molecule has 0 aliphatic rings. The Morgan fingerprint density at radius 3 is 2.50 bits per heavy atom. The molecule has 1 aromatic heterocycles. The molecule has 84 valence electrons. The minimum atomic E-state index is -0.540. The largest absolute Gasteiger partial charge is 0.494 e. The van der Waals surface area contributed by atoms with Crippen molar-refractivity contribution in [3.8, 4) is 5.75 Å². The summed E-state index contributed by atoms with van der Waals surface area (Å²) < 4.78 is 5.35. The topological polar surface area (TPSA) is 29.5 Å². The van der Waals surface area contributed by atoms with Crippen molar-refractivity contribution in [1.29, 1.82) is 0 Å². The van der Waals surface area contributed by atoms with Gasteiger partial charge >= 0.3 is 0 Å². The van der Waals surface area contributed by atoms with Crippen LogP contribution in [0.4, 0.5) is 0 Å². The number of benzene rings is 1. The Balaban J connectivity index is 2.15. The highest BCUT2D eigenvalue weighted by Crippen LogP contribution is 2.25. The first-order valence-electron chi connectivity index (χ1n) is 5.24. The van der Waals surface area contributed by atoms with E-state index in [-0.39, 0.29) is 0 Å². The van der Waals surface area contributed by atoms with Crippen LogP contribution in [-0.4, -0.2) is 11.7 Å². The average Bonchev–Trinajstić information content (AvgIpc) is 2.83. The fourth-order valence-electron chi connectivity index (χ4n) is 1.54. The third-order valence-electron chi connectivity index (χ3n) is 2.37. The first-order chi connectivity index (χ1) is 7.81. The number of ether oxygens (including phenoxy) is 1. The molecule has 0 aliphatic carbocycles. The Morgan fingerprint density at radius 1 is 1.19 bits per heavy atom. The van der Waals surface area contributed by atoms with Crippen molar-refractivity contribution in [2.45, 2.75) is 13.0 Å². The molecule has 1 atom stereocenters. The fourth-order valence-corrected chi connectivity index (χ4v) is 2.21. The molecule has 0 spiro atoms. The maximum atomic E-state index is 10.1. The van der Waals surface area contributed by atoms with Gasteiger partial charge in [0.25, 0.3) is 0 Å². The minimum Gasteiger partial charge on any atom is -0.494 e. The van der Waals surface area contributed by atoms with Crippen molar-refractivity contribution in [3.05, 3.63) is 52.2 Å². The lowest BCUT2D eigenvalue weighted by atomic mass is 10.0. The number of aliphatic hydroxyl groups is 1. The van der Waals surface area contributed by atoms with E-state index in [0.717, 1.165) is 16.9 Å². The van der Waals surface area contributed by atoms with Crippen LogP contribution >= 0.6 is 11.3 Å². The van der Waals surface area contributed by atoms with Gasteiger partial charge in [0.1, 0.15) is 11.9 Å². The van der Waals surface area contributed by atoms with Crippen LogP contribution in [0.5, 0.6) is 5.75 Å². The number of thiophene rings is 1. The summed E-state index contributed by atoms with van der Waals surface area (Å²) in [5, 5.41) is 14.0. The van der Waals surface area contributed by atoms with Crippen LogP contribution in [0, 0.1) is 0 Å². The second-order valence-electron chi connectivity index (χ2n) is 3.46. The lowest BCUT2D eigenvalue weighted by Gasteiger charge is -2.10. The van der Waals surface area contributed by atoms with Gasteiger partial charge in [-0.3, -0.25) is 0 Å². The fraction of sp³-hybridized carbons (Fsp3) is 0.231. The quantitative estimate of drug-likeness (QED) is 0.880. The number of rotatable bonds is 4. The van der Waals surface area contributed by atoms with E-state index >= 15 is 0 Å². The molecule has 2 rings (SSSR count). The zero-order chi connectivity index (χ0) is 11.4. The van der Waals surface area contributed by atoms with Gasteiger partial charge in [-0.2, -0.15) is 11.3 Å². The summed E-state index contributed by atoms with van der Waals surface area (Å²) in [5.74, 6) is 0.837. The van der Waals surface area contributed by atoms with Crippen molar-refractivity contribution < 1.29 is 9.84 Å². The second kappa shape index (κ2) is 5.14. The predicted octanol–water partition coefficient (Wildman–Crippen LogP) is 3.23. The third kappa shape index (κ3) is 2.43. The summed E-state index contributed by atoms with van der Waals surface area (Å²) in [4.78, 5) is 0. The number of hydrogen-bond acceptors (Lipinski definition) is 3. The van der Waals surface area contributed by atoms with E-state index in [2.05, 4.69) is 0 Å². The highest BCUT2D eigenvalue weighted by atomic mass is 32.1. The van der Waals surface area contributed by atoms with Gasteiger partial charge < -0.3 is 9.84 Å². The van der Waals surface area contributed by atoms with Crippen LogP contribution in [0.1, 0.15) is 24.2 Å². The summed E-state index contributed by atoms with van der Waals surface area (Å²) in [6.45, 7) is 2.61. The Labute approximate surface area is 99.1 Å². The molecular formula is C13H14O2S. The predicted molar refractivity (Wildman–Crippen MR) is 66.0 cm³/mol. The van der Waals surface area contributed by atoms with Gasteiger partial charge in [0.2, 0.25) is 0 Å². The average molecular weight is 234 g/mol. The third-order valence-corrected chi connectivity index (χ3v) is 3.07. The summed E-state index contributed by atoms with van der Waals surface area (Å²) in [6, 6.07) is 9.50. The van der Waals surface area contributed by atoms with Gasteiger partial charge in [0.05, 0.1) is 6.61 Å². The first kappa shape index (κ1) is 11.2. The molecule has 0 saturated carbocycles. The summed E-state index contributed by atoms with van der Waals surface area (Å²) in [6.07, 6.45) is -0.540. The van der Waals surface area contributed by atoms with E-state index in [1.165, 1.54) is 0 Å². The van der Waals surface area contributed by atoms with Crippen LogP contribution in [0.25, 0.3) is 0 Å². The van der Waals surface area contributed by atoms with E-state index < -0.39 is 6.10 Å². The van der Waals surface area contributed by atoms with E-state index in [1.807, 2.05) is 48.0 Å². The molecule has 2 aromatic rings. The Kier molecular flexibility index (Phi) is 3.59. The van der Waals surface area contributed by atoms with E-state index in [0.29, 0.717) is 6.61 Å². The van der Waals surface area contributed by atoms with Gasteiger partial charge in [0.15, 0.2) is 0 Å². The van der Waals surface area contributed by atoms with Crippen LogP contribution in [0.15, 0.2) is 41.1 Å². The smallest absolute Gasteiger partial charge is 0.119 e. The summed E-state index contributed by atoms with van der Waals surface area (Å²) in [5.41, 5.74) is 1.83. The molecular weight excluding hydrogens is 220 g/mol. The number of aliphatic hydroxyl groups excluding tert-OH is 1. The molecule has 16 heavy (non-hydrogen) atoms. The number of hydrogen-bond donors (Lipinski definition) is 1. The molecule has 0 bridgehead atoms. The molecule has 3 heteroatoms. The Bertz CT molecular complexity index is 420. The maximum absolute atomic E-state index is 10.1. The zero-order valence-electron chi connectivity index (χ0n) is 9.09. The van der Waals surface area contributed by atoms with Crippen molar-refractivity contribution >= 4 is 11.3 Å². The van der Waals surface area contributed by atoms with E-state index in [9.17, 15) is 5.11 Å². The van der Waals surface area contributed by atoms with Crippen molar-refractivity contribution in [3.63, 3.8) is 0 Å². The van der Waals surface area contributed by atoms with Crippen LogP contribution in [0.2, 0.25) is 0 Å². The maximum Gasteiger partial charge on any atom is 0.119 e. The van der Waals surface area contributed by atoms with Crippen molar-refractivity contribution in [2.24, 2.45) is 0 Å². The van der Waals surface area contributed by atoms with Gasteiger partial charge in [-0.25, -0.2) is 0 Å². The molecule has 1 N–H and O–H groups in total. The SMILES string of the molecule is CCOc1ccc(C(O)c2ccsc2)cc1. The van der Waals surface area contributed by atoms with E-state index in [1.54, 1.807) is 11.3 Å². The Hall–Kier alpha value is -1.32. The van der Waals surface area contributed by atoms with Crippen LogP contribution in [0.3, 0.4) is 0 Å². The molecule has 1 unspecified atom stereocenters. The summed E-state index contributed by atoms with van der Waals surface area (Å²) in [7, 11) is 0. The van der Waals surface area contributed by atoms with Crippen molar-refractivity contribution in [1.82, 2.24) is 0 Å². The van der Waals surface area contributed by atoms with Gasteiger partial charge in [-0.15, -0.1) is 0 Å². The standard InChI is InChI=1S/C13H14O2S/c1-2-15-12-5-3-10(4-6-12)13(14)11-7-8-16-9-11/h3-9,13-14H,2H2,1H3. The molecule has 0 saturated heterocycles. The second-order valence-corrected chi connectivity index (χ2v) is 4.24. The normalized spacial score (nSPS) is 12.4. The molecule has 1 heterocycles. The minimum absolute atomic E-state index is 0.540. The molecule has 1 aromatic carbocycles. The highest BCUT2D eigenvalue weighted by Gasteiger charge is 2.10. The van der Waals surface area contributed by atoms with Crippen LogP contribution < -0.4 is 4.74 Å². The molecule has 0 aliphatic heterocycles. The lowest BCUT2D eigenvalue weighted by Crippen LogP contribution is -1.98. The van der Waals surface area contributed by atoms with Crippen LogP contribution in [-0.2, 0) is 0 Å². The van der Waals surface area contributed by atoms with E-state index in [4.69, 9.17) is 4.74 Å². The van der Waals surface area contributed by atoms with Gasteiger partial charge in [-0.1, -0.05) is 12.1 Å². The van der Waals surface area contributed by atoms with Gasteiger partial charge in [0, 0.05) is 0 Å². The monoisotopic (exact) mass is 234 g/mol.